The predicted molar refractivity (Wildman–Crippen MR) is 132 cm³/mol. The van der Waals surface area contributed by atoms with Crippen molar-refractivity contribution in [2.75, 3.05) is 23.3 Å². The Hall–Kier alpha value is -3.16. The van der Waals surface area contributed by atoms with Gasteiger partial charge in [0.05, 0.1) is 4.90 Å². The molecule has 0 fully saturated rings. The molecule has 0 saturated heterocycles. The van der Waals surface area contributed by atoms with Crippen molar-refractivity contribution in [1.82, 2.24) is 4.72 Å². The Morgan fingerprint density at radius 1 is 1.00 bits per heavy atom. The van der Waals surface area contributed by atoms with Gasteiger partial charge in [0.2, 0.25) is 15.9 Å². The van der Waals surface area contributed by atoms with Gasteiger partial charge in [0.1, 0.15) is 0 Å². The number of carbonyl (C=O) groups excluding carboxylic acids is 1. The normalized spacial score (nSPS) is 13.5. The van der Waals surface area contributed by atoms with Crippen LogP contribution in [-0.2, 0) is 34.2 Å². The van der Waals surface area contributed by atoms with Crippen LogP contribution in [0.4, 0.5) is 11.4 Å². The molecule has 0 spiro atoms. The van der Waals surface area contributed by atoms with E-state index in [9.17, 15) is 13.2 Å². The van der Waals surface area contributed by atoms with Crippen LogP contribution in [0.5, 0.6) is 0 Å². The summed E-state index contributed by atoms with van der Waals surface area (Å²) in [6.45, 7) is 5.36. The fourth-order valence-electron chi connectivity index (χ4n) is 4.23. The zero-order valence-electron chi connectivity index (χ0n) is 19.0. The minimum absolute atomic E-state index is 0.195. The summed E-state index contributed by atoms with van der Waals surface area (Å²) >= 11 is 0. The van der Waals surface area contributed by atoms with Crippen molar-refractivity contribution in [3.05, 3.63) is 89.0 Å². The van der Waals surface area contributed by atoms with E-state index in [1.807, 2.05) is 0 Å². The average molecular weight is 464 g/mol. The van der Waals surface area contributed by atoms with E-state index in [0.717, 1.165) is 25.1 Å². The highest BCUT2D eigenvalue weighted by molar-refractivity contribution is 7.89. The molecular formula is C26H29N3O3S. The second-order valence-corrected chi connectivity index (χ2v) is 10.2. The van der Waals surface area contributed by atoms with E-state index in [1.165, 1.54) is 29.8 Å². The van der Waals surface area contributed by atoms with Gasteiger partial charge in [-0.15, -0.1) is 0 Å². The number of aryl methyl sites for hydroxylation is 1. The monoisotopic (exact) mass is 463 g/mol. The van der Waals surface area contributed by atoms with Gasteiger partial charge in [-0.25, -0.2) is 13.1 Å². The van der Waals surface area contributed by atoms with E-state index >= 15 is 0 Å². The number of sulfonamides is 1. The largest absolute Gasteiger partial charge is 0.367 e. The van der Waals surface area contributed by atoms with E-state index in [4.69, 9.17) is 0 Å². The Balaban J connectivity index is 1.34. The third-order valence-corrected chi connectivity index (χ3v) is 7.54. The molecule has 0 aromatic heterocycles. The van der Waals surface area contributed by atoms with E-state index < -0.39 is 10.0 Å². The fourth-order valence-corrected chi connectivity index (χ4v) is 5.49. The molecule has 0 unspecified atom stereocenters. The molecule has 1 aliphatic heterocycles. The van der Waals surface area contributed by atoms with Crippen molar-refractivity contribution in [1.29, 1.82) is 0 Å². The first-order valence-corrected chi connectivity index (χ1v) is 12.6. The van der Waals surface area contributed by atoms with Gasteiger partial charge in [-0.2, -0.15) is 0 Å². The van der Waals surface area contributed by atoms with Gasteiger partial charge in [-0.1, -0.05) is 36.4 Å². The summed E-state index contributed by atoms with van der Waals surface area (Å²) in [4.78, 5) is 13.8. The number of nitrogens with zero attached hydrogens (tertiary/aromatic N) is 1. The van der Waals surface area contributed by atoms with E-state index in [-0.39, 0.29) is 10.8 Å². The topological polar surface area (TPSA) is 78.5 Å². The van der Waals surface area contributed by atoms with Crippen LogP contribution in [0, 0.1) is 6.92 Å². The molecule has 33 heavy (non-hydrogen) atoms. The number of carbonyl (C=O) groups is 1. The van der Waals surface area contributed by atoms with Crippen LogP contribution < -0.4 is 14.9 Å². The van der Waals surface area contributed by atoms with Crippen LogP contribution in [0.15, 0.2) is 71.6 Å². The van der Waals surface area contributed by atoms with Crippen molar-refractivity contribution >= 4 is 27.3 Å². The third kappa shape index (κ3) is 5.61. The Labute approximate surface area is 195 Å². The maximum absolute atomic E-state index is 12.7. The second-order valence-electron chi connectivity index (χ2n) is 8.42. The van der Waals surface area contributed by atoms with Gasteiger partial charge in [-0.05, 0) is 72.4 Å². The summed E-state index contributed by atoms with van der Waals surface area (Å²) in [6.07, 6.45) is 1.65. The number of hydrogen-bond donors (Lipinski definition) is 2. The molecule has 3 aromatic carbocycles. The van der Waals surface area contributed by atoms with Crippen molar-refractivity contribution in [2.24, 2.45) is 0 Å². The number of fused-ring (bicyclic) bond motifs is 1. The van der Waals surface area contributed by atoms with Crippen LogP contribution in [0.3, 0.4) is 0 Å². The van der Waals surface area contributed by atoms with E-state index in [1.54, 1.807) is 19.1 Å². The predicted octanol–water partition coefficient (Wildman–Crippen LogP) is 4.04. The van der Waals surface area contributed by atoms with Gasteiger partial charge in [-0.3, -0.25) is 4.79 Å². The highest BCUT2D eigenvalue weighted by Gasteiger charge is 2.18. The molecular weight excluding hydrogens is 434 g/mol. The first-order chi connectivity index (χ1) is 15.8. The molecule has 1 heterocycles. The van der Waals surface area contributed by atoms with Crippen LogP contribution in [0.1, 0.15) is 29.2 Å². The summed E-state index contributed by atoms with van der Waals surface area (Å²) in [5.74, 6) is -0.195. The number of nitrogens with one attached hydrogen (secondary N) is 2. The molecule has 0 saturated carbocycles. The van der Waals surface area contributed by atoms with Crippen molar-refractivity contribution < 1.29 is 13.2 Å². The van der Waals surface area contributed by atoms with E-state index in [2.05, 4.69) is 63.5 Å². The Kier molecular flexibility index (Phi) is 6.81. The Morgan fingerprint density at radius 3 is 2.42 bits per heavy atom. The molecule has 0 atom stereocenters. The summed E-state index contributed by atoms with van der Waals surface area (Å²) in [5, 5.41) is 2.66. The molecule has 172 valence electrons. The average Bonchev–Trinajstić information content (AvgIpc) is 2.78. The molecule has 2 N–H and O–H groups in total. The van der Waals surface area contributed by atoms with E-state index in [0.29, 0.717) is 24.2 Å². The molecule has 3 aromatic rings. The maximum atomic E-state index is 12.7. The van der Waals surface area contributed by atoms with Crippen LogP contribution in [-0.4, -0.2) is 27.4 Å². The second kappa shape index (κ2) is 9.77. The van der Waals surface area contributed by atoms with Crippen molar-refractivity contribution in [3.63, 3.8) is 0 Å². The molecule has 1 aliphatic rings. The molecule has 0 bridgehead atoms. The summed E-state index contributed by atoms with van der Waals surface area (Å²) < 4.78 is 28.2. The SMILES string of the molecule is CC(=O)Nc1ccc(S(=O)(=O)NCCc2ccc(N3CCc4ccccc4C3)cc2)c(C)c1. The van der Waals surface area contributed by atoms with Crippen LogP contribution >= 0.6 is 0 Å². The van der Waals surface area contributed by atoms with Gasteiger partial charge in [0.25, 0.3) is 0 Å². The lowest BCUT2D eigenvalue weighted by Crippen LogP contribution is -2.30. The zero-order valence-corrected chi connectivity index (χ0v) is 19.8. The number of anilines is 2. The lowest BCUT2D eigenvalue weighted by Gasteiger charge is -2.30. The summed E-state index contributed by atoms with van der Waals surface area (Å²) in [5.41, 5.74) is 6.23. The maximum Gasteiger partial charge on any atom is 0.240 e. The number of rotatable bonds is 7. The van der Waals surface area contributed by atoms with Gasteiger partial charge in [0.15, 0.2) is 0 Å². The summed E-state index contributed by atoms with van der Waals surface area (Å²) in [7, 11) is -3.63. The molecule has 7 heteroatoms. The van der Waals surface area contributed by atoms with Crippen LogP contribution in [0.2, 0.25) is 0 Å². The lowest BCUT2D eigenvalue weighted by molar-refractivity contribution is -0.114. The number of benzene rings is 3. The summed E-state index contributed by atoms with van der Waals surface area (Å²) in [6, 6.07) is 21.7. The smallest absolute Gasteiger partial charge is 0.240 e. The minimum Gasteiger partial charge on any atom is -0.367 e. The zero-order chi connectivity index (χ0) is 23.4. The fraction of sp³-hybridized carbons (Fsp3) is 0.269. The minimum atomic E-state index is -3.63. The van der Waals surface area contributed by atoms with Crippen LogP contribution in [0.25, 0.3) is 0 Å². The highest BCUT2D eigenvalue weighted by atomic mass is 32.2. The van der Waals surface area contributed by atoms with Crippen molar-refractivity contribution in [3.8, 4) is 0 Å². The number of amides is 1. The molecule has 6 nitrogen and oxygen atoms in total. The molecule has 0 radical (unpaired) electrons. The molecule has 4 rings (SSSR count). The van der Waals surface area contributed by atoms with Gasteiger partial charge in [0, 0.05) is 37.9 Å². The number of hydrogen-bond acceptors (Lipinski definition) is 4. The first-order valence-electron chi connectivity index (χ1n) is 11.1. The van der Waals surface area contributed by atoms with Gasteiger partial charge < -0.3 is 10.2 Å². The molecule has 0 aliphatic carbocycles. The molecule has 1 amide bonds. The van der Waals surface area contributed by atoms with Gasteiger partial charge >= 0.3 is 0 Å². The Morgan fingerprint density at radius 2 is 1.73 bits per heavy atom. The lowest BCUT2D eigenvalue weighted by atomic mass is 9.99. The highest BCUT2D eigenvalue weighted by Crippen LogP contribution is 2.25. The quantitative estimate of drug-likeness (QED) is 0.554. The third-order valence-electron chi connectivity index (χ3n) is 5.92. The van der Waals surface area contributed by atoms with Crippen molar-refractivity contribution in [2.45, 2.75) is 38.1 Å². The standard InChI is InChI=1S/C26H29N3O3S/c1-19-17-24(28-20(2)30)9-12-26(19)33(31,32)27-15-13-21-7-10-25(11-8-21)29-16-14-22-5-3-4-6-23(22)18-29/h3-12,17,27H,13-16,18H2,1-2H3,(H,28,30). The Bertz CT molecular complexity index is 1250. The first kappa shape index (κ1) is 23.0.